The van der Waals surface area contributed by atoms with Gasteiger partial charge in [-0.25, -0.2) is 14.2 Å². The zero-order chi connectivity index (χ0) is 15.4. The quantitative estimate of drug-likeness (QED) is 0.696. The number of anilines is 1. The molecule has 0 aliphatic rings. The van der Waals surface area contributed by atoms with Crippen molar-refractivity contribution in [3.05, 3.63) is 59.4 Å². The van der Waals surface area contributed by atoms with Crippen LogP contribution in [0.15, 0.2) is 36.4 Å². The fourth-order valence-corrected chi connectivity index (χ4v) is 1.59. The highest BCUT2D eigenvalue weighted by molar-refractivity contribution is 6.03. The van der Waals surface area contributed by atoms with Gasteiger partial charge in [0.2, 0.25) is 5.95 Å². The maximum atomic E-state index is 13.6. The van der Waals surface area contributed by atoms with Crippen molar-refractivity contribution in [2.24, 2.45) is 0 Å². The third-order valence-electron chi connectivity index (χ3n) is 2.58. The van der Waals surface area contributed by atoms with Gasteiger partial charge in [-0.15, -0.1) is 0 Å². The first-order valence-corrected chi connectivity index (χ1v) is 5.83. The summed E-state index contributed by atoms with van der Waals surface area (Å²) < 4.78 is 31.1. The summed E-state index contributed by atoms with van der Waals surface area (Å²) in [5.41, 5.74) is -0.367. The molecule has 1 aromatic carbocycles. The highest BCUT2D eigenvalue weighted by Gasteiger charge is 2.14. The van der Waals surface area contributed by atoms with Crippen LogP contribution < -0.4 is 5.32 Å². The van der Waals surface area contributed by atoms with E-state index in [1.54, 1.807) is 0 Å². The van der Waals surface area contributed by atoms with Crippen LogP contribution in [-0.4, -0.2) is 24.0 Å². The highest BCUT2D eigenvalue weighted by atomic mass is 19.1. The molecule has 7 heteroatoms. The van der Waals surface area contributed by atoms with E-state index >= 15 is 0 Å². The predicted octanol–water partition coefficient (Wildman–Crippen LogP) is 2.40. The second kappa shape index (κ2) is 6.08. The van der Waals surface area contributed by atoms with E-state index in [1.807, 2.05) is 0 Å². The first-order valence-electron chi connectivity index (χ1n) is 5.83. The highest BCUT2D eigenvalue weighted by Crippen LogP contribution is 2.17. The first kappa shape index (κ1) is 14.6. The smallest absolute Gasteiger partial charge is 0.337 e. The predicted molar refractivity (Wildman–Crippen MR) is 69.9 cm³/mol. The van der Waals surface area contributed by atoms with Gasteiger partial charge >= 0.3 is 5.97 Å². The summed E-state index contributed by atoms with van der Waals surface area (Å²) >= 11 is 0. The number of halogens is 2. The van der Waals surface area contributed by atoms with Crippen molar-refractivity contribution < 1.29 is 23.1 Å². The van der Waals surface area contributed by atoms with E-state index in [4.69, 9.17) is 0 Å². The molecule has 5 nitrogen and oxygen atoms in total. The molecule has 0 bridgehead atoms. The van der Waals surface area contributed by atoms with E-state index in [1.165, 1.54) is 25.3 Å². The lowest BCUT2D eigenvalue weighted by Crippen LogP contribution is -2.15. The molecular weight excluding hydrogens is 282 g/mol. The molecule has 0 spiro atoms. The van der Waals surface area contributed by atoms with Crippen LogP contribution in [0.2, 0.25) is 0 Å². The second-order valence-corrected chi connectivity index (χ2v) is 3.99. The molecule has 0 saturated heterocycles. The van der Waals surface area contributed by atoms with Gasteiger partial charge in [0.05, 0.1) is 18.4 Å². The van der Waals surface area contributed by atoms with Crippen LogP contribution in [0.3, 0.4) is 0 Å². The molecule has 0 atom stereocenters. The molecule has 0 fully saturated rings. The van der Waals surface area contributed by atoms with Crippen LogP contribution in [0.5, 0.6) is 0 Å². The second-order valence-electron chi connectivity index (χ2n) is 3.99. The normalized spacial score (nSPS) is 10.0. The molecule has 1 N–H and O–H groups in total. The Hall–Kier alpha value is -2.83. The summed E-state index contributed by atoms with van der Waals surface area (Å²) in [5, 5.41) is 2.22. The number of ether oxygens (including phenoxy) is 1. The molecular formula is C14H10F2N2O3. The molecule has 2 rings (SSSR count). The molecule has 0 aliphatic carbocycles. The summed E-state index contributed by atoms with van der Waals surface area (Å²) in [6.45, 7) is 0. The number of amides is 1. The summed E-state index contributed by atoms with van der Waals surface area (Å²) in [6.07, 6.45) is 0. The summed E-state index contributed by atoms with van der Waals surface area (Å²) in [7, 11) is 1.18. The van der Waals surface area contributed by atoms with E-state index in [2.05, 4.69) is 15.0 Å². The molecule has 0 radical (unpaired) electrons. The molecule has 1 amide bonds. The standard InChI is InChI=1S/C14H10F2N2O3/c1-21-14(20)8-5-6-9(15)11(7-8)18-13(19)10-3-2-4-12(16)17-10/h2-7H,1H3,(H,18,19). The van der Waals surface area contributed by atoms with Gasteiger partial charge in [0, 0.05) is 0 Å². The lowest BCUT2D eigenvalue weighted by atomic mass is 10.2. The van der Waals surface area contributed by atoms with Gasteiger partial charge in [0.1, 0.15) is 11.5 Å². The number of nitrogens with one attached hydrogen (secondary N) is 1. The monoisotopic (exact) mass is 292 g/mol. The van der Waals surface area contributed by atoms with Crippen LogP contribution in [0.4, 0.5) is 14.5 Å². The number of pyridine rings is 1. The fraction of sp³-hybridized carbons (Fsp3) is 0.0714. The molecule has 1 aromatic heterocycles. The largest absolute Gasteiger partial charge is 0.465 e. The Morgan fingerprint density at radius 3 is 2.62 bits per heavy atom. The summed E-state index contributed by atoms with van der Waals surface area (Å²) in [6, 6.07) is 7.02. The van der Waals surface area contributed by atoms with Gasteiger partial charge in [-0.3, -0.25) is 4.79 Å². The molecule has 21 heavy (non-hydrogen) atoms. The zero-order valence-corrected chi connectivity index (χ0v) is 10.9. The van der Waals surface area contributed by atoms with Crippen molar-refractivity contribution in [3.63, 3.8) is 0 Å². The van der Waals surface area contributed by atoms with Crippen molar-refractivity contribution in [2.45, 2.75) is 0 Å². The lowest BCUT2D eigenvalue weighted by Gasteiger charge is -2.07. The lowest BCUT2D eigenvalue weighted by molar-refractivity contribution is 0.0600. The SMILES string of the molecule is COC(=O)c1ccc(F)c(NC(=O)c2cccc(F)n2)c1. The van der Waals surface area contributed by atoms with Crippen molar-refractivity contribution in [1.82, 2.24) is 4.98 Å². The molecule has 0 saturated carbocycles. The Kier molecular flexibility index (Phi) is 4.22. The van der Waals surface area contributed by atoms with Crippen LogP contribution >= 0.6 is 0 Å². The zero-order valence-electron chi connectivity index (χ0n) is 10.9. The molecule has 0 aliphatic heterocycles. The van der Waals surface area contributed by atoms with Gasteiger partial charge in [0.15, 0.2) is 0 Å². The van der Waals surface area contributed by atoms with Crippen LogP contribution in [-0.2, 0) is 4.74 Å². The minimum absolute atomic E-state index is 0.0707. The van der Waals surface area contributed by atoms with Crippen molar-refractivity contribution in [1.29, 1.82) is 0 Å². The third kappa shape index (κ3) is 3.38. The number of benzene rings is 1. The van der Waals surface area contributed by atoms with Crippen LogP contribution in [0, 0.1) is 11.8 Å². The van der Waals surface area contributed by atoms with Crippen molar-refractivity contribution in [2.75, 3.05) is 12.4 Å². The Labute approximate surface area is 118 Å². The summed E-state index contributed by atoms with van der Waals surface area (Å²) in [4.78, 5) is 26.6. The van der Waals surface area contributed by atoms with E-state index in [9.17, 15) is 18.4 Å². The molecule has 0 unspecified atom stereocenters. The Morgan fingerprint density at radius 1 is 1.19 bits per heavy atom. The molecule has 108 valence electrons. The Balaban J connectivity index is 2.26. The maximum absolute atomic E-state index is 13.6. The Morgan fingerprint density at radius 2 is 1.95 bits per heavy atom. The van der Waals surface area contributed by atoms with Crippen molar-refractivity contribution in [3.8, 4) is 0 Å². The molecule has 2 aromatic rings. The van der Waals surface area contributed by atoms with Gasteiger partial charge in [-0.05, 0) is 30.3 Å². The number of hydrogen-bond donors (Lipinski definition) is 1. The maximum Gasteiger partial charge on any atom is 0.337 e. The fourth-order valence-electron chi connectivity index (χ4n) is 1.59. The van der Waals surface area contributed by atoms with Crippen LogP contribution in [0.25, 0.3) is 0 Å². The number of carbonyl (C=O) groups is 2. The van der Waals surface area contributed by atoms with Gasteiger partial charge in [0.25, 0.3) is 5.91 Å². The Bertz CT molecular complexity index is 704. The average molecular weight is 292 g/mol. The number of aromatic nitrogens is 1. The van der Waals surface area contributed by atoms with E-state index in [0.717, 1.165) is 18.2 Å². The first-order chi connectivity index (χ1) is 10.0. The number of esters is 1. The number of carbonyl (C=O) groups excluding carboxylic acids is 2. The topological polar surface area (TPSA) is 68.3 Å². The minimum Gasteiger partial charge on any atom is -0.465 e. The van der Waals surface area contributed by atoms with Crippen molar-refractivity contribution >= 4 is 17.6 Å². The van der Waals surface area contributed by atoms with Crippen LogP contribution in [0.1, 0.15) is 20.8 Å². The average Bonchev–Trinajstić information content (AvgIpc) is 2.48. The van der Waals surface area contributed by atoms with Gasteiger partial charge in [-0.2, -0.15) is 4.39 Å². The number of nitrogens with zero attached hydrogens (tertiary/aromatic N) is 1. The number of rotatable bonds is 3. The van der Waals surface area contributed by atoms with E-state index < -0.39 is 23.6 Å². The van der Waals surface area contributed by atoms with E-state index in [-0.39, 0.29) is 16.9 Å². The van der Waals surface area contributed by atoms with Gasteiger partial charge in [-0.1, -0.05) is 6.07 Å². The minimum atomic E-state index is -0.827. The number of methoxy groups -OCH3 is 1. The number of hydrogen-bond acceptors (Lipinski definition) is 4. The van der Waals surface area contributed by atoms with Gasteiger partial charge < -0.3 is 10.1 Å². The molecule has 1 heterocycles. The van der Waals surface area contributed by atoms with E-state index in [0.29, 0.717) is 0 Å². The summed E-state index contributed by atoms with van der Waals surface area (Å²) in [5.74, 6) is -3.04. The third-order valence-corrected chi connectivity index (χ3v) is 2.58.